The molecule has 0 bridgehead atoms. The summed E-state index contributed by atoms with van der Waals surface area (Å²) < 4.78 is 35.8. The SMILES string of the molecule is CC1=C(c2cccc(C(=O)O)c2)N=C(NC(=O)C2(c3ccc4c(c3)OC(F)(F)O4)CC2)C(C)C1. The zero-order valence-electron chi connectivity index (χ0n) is 18.5. The maximum atomic E-state index is 13.4. The number of carbonyl (C=O) groups is 2. The van der Waals surface area contributed by atoms with Crippen LogP contribution in [-0.4, -0.2) is 29.1 Å². The summed E-state index contributed by atoms with van der Waals surface area (Å²) in [6.07, 6.45) is -1.93. The van der Waals surface area contributed by atoms with Gasteiger partial charge in [-0.3, -0.25) is 4.79 Å². The fraction of sp³-hybridized carbons (Fsp3) is 0.320. The van der Waals surface area contributed by atoms with E-state index in [0.29, 0.717) is 41.9 Å². The minimum atomic E-state index is -3.72. The monoisotopic (exact) mass is 468 g/mol. The predicted molar refractivity (Wildman–Crippen MR) is 119 cm³/mol. The topological polar surface area (TPSA) is 97.2 Å². The molecule has 0 saturated heterocycles. The maximum Gasteiger partial charge on any atom is 0.586 e. The molecule has 2 N–H and O–H groups in total. The van der Waals surface area contributed by atoms with Crippen molar-refractivity contribution in [3.63, 3.8) is 0 Å². The fourth-order valence-corrected chi connectivity index (χ4v) is 4.49. The van der Waals surface area contributed by atoms with E-state index in [-0.39, 0.29) is 28.9 Å². The summed E-state index contributed by atoms with van der Waals surface area (Å²) >= 11 is 0. The van der Waals surface area contributed by atoms with Gasteiger partial charge in [0.1, 0.15) is 5.84 Å². The normalized spacial score (nSPS) is 21.6. The maximum absolute atomic E-state index is 13.4. The van der Waals surface area contributed by atoms with E-state index in [9.17, 15) is 23.5 Å². The van der Waals surface area contributed by atoms with Crippen molar-refractivity contribution >= 4 is 23.4 Å². The Kier molecular flexibility index (Phi) is 4.96. The summed E-state index contributed by atoms with van der Waals surface area (Å²) in [4.78, 5) is 29.4. The standard InChI is InChI=1S/C25H22F2N2O5/c1-13-10-14(2)21(28-20(13)15-4-3-5-16(11-15)22(30)31)29-23(32)24(8-9-24)17-6-7-18-19(12-17)34-25(26,27)33-18/h3-7,11-12,14H,8-10H2,1-2H3,(H,30,31)(H,28,29,32). The number of hydrogen-bond donors (Lipinski definition) is 2. The van der Waals surface area contributed by atoms with Crippen molar-refractivity contribution in [2.75, 3.05) is 0 Å². The van der Waals surface area contributed by atoms with Gasteiger partial charge in [0.2, 0.25) is 5.91 Å². The largest absolute Gasteiger partial charge is 0.586 e. The average molecular weight is 468 g/mol. The Morgan fingerprint density at radius 2 is 1.85 bits per heavy atom. The Hall–Kier alpha value is -3.75. The van der Waals surface area contributed by atoms with Crippen LogP contribution in [0.3, 0.4) is 0 Å². The molecule has 5 rings (SSSR count). The number of hydrogen-bond acceptors (Lipinski definition) is 5. The summed E-state index contributed by atoms with van der Waals surface area (Å²) in [5.41, 5.74) is 2.17. The van der Waals surface area contributed by atoms with Crippen LogP contribution in [0.15, 0.2) is 53.0 Å². The van der Waals surface area contributed by atoms with Crippen molar-refractivity contribution in [3.8, 4) is 11.5 Å². The van der Waals surface area contributed by atoms with Crippen LogP contribution in [-0.2, 0) is 10.2 Å². The lowest BCUT2D eigenvalue weighted by atomic mass is 9.91. The molecule has 7 nitrogen and oxygen atoms in total. The van der Waals surface area contributed by atoms with Gasteiger partial charge in [-0.1, -0.05) is 25.1 Å². The van der Waals surface area contributed by atoms with E-state index in [1.165, 1.54) is 18.2 Å². The molecule has 1 aliphatic carbocycles. The minimum absolute atomic E-state index is 0.0541. The number of amides is 1. The number of aliphatic imine (C=N–C) groups is 1. The number of halogens is 2. The van der Waals surface area contributed by atoms with Crippen LogP contribution < -0.4 is 14.8 Å². The molecule has 0 aromatic heterocycles. The number of allylic oxidation sites excluding steroid dienone is 1. The highest BCUT2D eigenvalue weighted by Crippen LogP contribution is 2.52. The van der Waals surface area contributed by atoms with Gasteiger partial charge in [-0.15, -0.1) is 8.78 Å². The Bertz CT molecular complexity index is 1280. The molecule has 1 amide bonds. The molecule has 2 aromatic rings. The lowest BCUT2D eigenvalue weighted by molar-refractivity contribution is -0.286. The lowest BCUT2D eigenvalue weighted by Crippen LogP contribution is -2.42. The molecule has 34 heavy (non-hydrogen) atoms. The molecular formula is C25H22F2N2O5. The first-order chi connectivity index (χ1) is 16.1. The number of alkyl halides is 2. The second kappa shape index (κ2) is 7.65. The summed E-state index contributed by atoms with van der Waals surface area (Å²) in [6.45, 7) is 3.89. The van der Waals surface area contributed by atoms with Crippen molar-refractivity contribution in [2.45, 2.75) is 44.8 Å². The number of nitrogens with zero attached hydrogens (tertiary/aromatic N) is 1. The van der Waals surface area contributed by atoms with Gasteiger partial charge < -0.3 is 19.9 Å². The Balaban J connectivity index is 1.41. The van der Waals surface area contributed by atoms with E-state index in [4.69, 9.17) is 4.99 Å². The van der Waals surface area contributed by atoms with Gasteiger partial charge >= 0.3 is 12.3 Å². The quantitative estimate of drug-likeness (QED) is 0.677. The zero-order valence-corrected chi connectivity index (χ0v) is 18.5. The average Bonchev–Trinajstić information content (AvgIpc) is 3.52. The van der Waals surface area contributed by atoms with Gasteiger partial charge in [0.05, 0.1) is 16.7 Å². The molecule has 0 radical (unpaired) electrons. The molecule has 2 aliphatic heterocycles. The fourth-order valence-electron chi connectivity index (χ4n) is 4.49. The van der Waals surface area contributed by atoms with Crippen molar-refractivity contribution in [1.29, 1.82) is 0 Å². The molecule has 0 spiro atoms. The molecule has 1 atom stereocenters. The first-order valence-electron chi connectivity index (χ1n) is 10.9. The smallest absolute Gasteiger partial charge is 0.478 e. The van der Waals surface area contributed by atoms with Crippen LogP contribution in [0.5, 0.6) is 11.5 Å². The third-order valence-electron chi connectivity index (χ3n) is 6.48. The first-order valence-corrected chi connectivity index (χ1v) is 10.9. The lowest BCUT2D eigenvalue weighted by Gasteiger charge is -2.25. The number of carbonyl (C=O) groups excluding carboxylic acids is 1. The highest BCUT2D eigenvalue weighted by molar-refractivity contribution is 6.07. The van der Waals surface area contributed by atoms with Gasteiger partial charge in [0.15, 0.2) is 11.5 Å². The van der Waals surface area contributed by atoms with E-state index in [1.807, 2.05) is 13.8 Å². The van der Waals surface area contributed by atoms with E-state index >= 15 is 0 Å². The number of carboxylic acids is 1. The predicted octanol–water partition coefficient (Wildman–Crippen LogP) is 4.72. The molecule has 1 saturated carbocycles. The molecule has 2 heterocycles. The van der Waals surface area contributed by atoms with Crippen molar-refractivity contribution in [2.24, 2.45) is 10.9 Å². The van der Waals surface area contributed by atoms with Crippen LogP contribution in [0.1, 0.15) is 54.6 Å². The second-order valence-corrected chi connectivity index (χ2v) is 8.98. The number of ether oxygens (including phenoxy) is 2. The molecule has 1 unspecified atom stereocenters. The van der Waals surface area contributed by atoms with E-state index in [2.05, 4.69) is 14.8 Å². The second-order valence-electron chi connectivity index (χ2n) is 8.98. The van der Waals surface area contributed by atoms with Gasteiger partial charge in [-0.2, -0.15) is 0 Å². The van der Waals surface area contributed by atoms with Crippen LogP contribution in [0.4, 0.5) is 8.78 Å². The van der Waals surface area contributed by atoms with Crippen LogP contribution in [0.2, 0.25) is 0 Å². The molecule has 3 aliphatic rings. The van der Waals surface area contributed by atoms with E-state index < -0.39 is 17.7 Å². The molecule has 2 aromatic carbocycles. The molecular weight excluding hydrogens is 446 g/mol. The number of carboxylic acid groups (broad SMARTS) is 1. The molecule has 176 valence electrons. The number of rotatable bonds is 4. The Morgan fingerprint density at radius 1 is 1.12 bits per heavy atom. The van der Waals surface area contributed by atoms with E-state index in [0.717, 1.165) is 5.57 Å². The summed E-state index contributed by atoms with van der Waals surface area (Å²) in [5, 5.41) is 12.3. The highest BCUT2D eigenvalue weighted by Gasteiger charge is 2.53. The summed E-state index contributed by atoms with van der Waals surface area (Å²) in [5.74, 6) is -1.01. The number of benzene rings is 2. The number of aromatic carboxylic acids is 1. The molecule has 1 fully saturated rings. The Labute approximate surface area is 194 Å². The minimum Gasteiger partial charge on any atom is -0.478 e. The highest BCUT2D eigenvalue weighted by atomic mass is 19.3. The third-order valence-corrected chi connectivity index (χ3v) is 6.48. The van der Waals surface area contributed by atoms with E-state index in [1.54, 1.807) is 24.3 Å². The van der Waals surface area contributed by atoms with Crippen LogP contribution in [0, 0.1) is 5.92 Å². The van der Waals surface area contributed by atoms with Crippen LogP contribution in [0.25, 0.3) is 5.70 Å². The van der Waals surface area contributed by atoms with Gasteiger partial charge in [0, 0.05) is 11.5 Å². The zero-order chi connectivity index (χ0) is 24.3. The number of fused-ring (bicyclic) bond motifs is 1. The van der Waals surface area contributed by atoms with Gasteiger partial charge in [0.25, 0.3) is 0 Å². The van der Waals surface area contributed by atoms with Gasteiger partial charge in [-0.05, 0) is 61.6 Å². The summed E-state index contributed by atoms with van der Waals surface area (Å²) in [6, 6.07) is 10.9. The molecule has 9 heteroatoms. The van der Waals surface area contributed by atoms with Gasteiger partial charge in [-0.25, -0.2) is 9.79 Å². The van der Waals surface area contributed by atoms with Crippen molar-refractivity contribution in [1.82, 2.24) is 5.32 Å². The third kappa shape index (κ3) is 3.81. The first kappa shape index (κ1) is 22.1. The number of nitrogens with one attached hydrogen (secondary N) is 1. The Morgan fingerprint density at radius 3 is 2.56 bits per heavy atom. The number of amidine groups is 1. The van der Waals surface area contributed by atoms with Crippen LogP contribution >= 0.6 is 0 Å². The summed E-state index contributed by atoms with van der Waals surface area (Å²) in [7, 11) is 0. The van der Waals surface area contributed by atoms with Crippen molar-refractivity contribution < 1.29 is 33.0 Å². The van der Waals surface area contributed by atoms with Crippen molar-refractivity contribution in [3.05, 3.63) is 64.7 Å².